The molecule has 0 aromatic heterocycles. The van der Waals surface area contributed by atoms with Gasteiger partial charge < -0.3 is 20.1 Å². The molecule has 0 aliphatic carbocycles. The van der Waals surface area contributed by atoms with Crippen LogP contribution in [0, 0.1) is 0 Å². The number of carbonyl (C=O) groups excluding carboxylic acids is 1. The van der Waals surface area contributed by atoms with Gasteiger partial charge in [0.05, 0.1) is 19.3 Å². The molecule has 2 heterocycles. The van der Waals surface area contributed by atoms with Crippen molar-refractivity contribution in [1.82, 2.24) is 15.1 Å². The fourth-order valence-electron chi connectivity index (χ4n) is 3.56. The zero-order chi connectivity index (χ0) is 17.5. The van der Waals surface area contributed by atoms with Crippen molar-refractivity contribution in [3.63, 3.8) is 0 Å². The Morgan fingerprint density at radius 1 is 1.08 bits per heavy atom. The number of carbonyl (C=O) groups is 1. The normalized spacial score (nSPS) is 21.8. The first-order chi connectivity index (χ1) is 12.2. The van der Waals surface area contributed by atoms with Crippen LogP contribution in [0.15, 0.2) is 30.3 Å². The van der Waals surface area contributed by atoms with Gasteiger partial charge in [-0.3, -0.25) is 9.69 Å². The first-order valence-electron chi connectivity index (χ1n) is 9.27. The molecule has 1 aromatic rings. The number of amides is 1. The molecule has 0 spiro atoms. The molecular formula is C19H29N3O3. The predicted octanol–water partition coefficient (Wildman–Crippen LogP) is 0.574. The molecule has 3 rings (SSSR count). The van der Waals surface area contributed by atoms with E-state index in [0.29, 0.717) is 18.7 Å². The van der Waals surface area contributed by atoms with Crippen LogP contribution in [0.2, 0.25) is 0 Å². The zero-order valence-electron chi connectivity index (χ0n) is 14.8. The second-order valence-corrected chi connectivity index (χ2v) is 6.98. The number of benzene rings is 1. The summed E-state index contributed by atoms with van der Waals surface area (Å²) in [5.41, 5.74) is 0.714. The summed E-state index contributed by atoms with van der Waals surface area (Å²) in [6.07, 6.45) is 1.54. The molecule has 2 aliphatic rings. The molecule has 1 amide bonds. The minimum absolute atomic E-state index is 0.00593. The number of morpholine rings is 1. The van der Waals surface area contributed by atoms with Crippen molar-refractivity contribution < 1.29 is 14.6 Å². The lowest BCUT2D eigenvalue weighted by Gasteiger charge is -2.35. The molecule has 25 heavy (non-hydrogen) atoms. The molecule has 1 unspecified atom stereocenters. The molecule has 2 N–H and O–H groups in total. The Labute approximate surface area is 149 Å². The van der Waals surface area contributed by atoms with E-state index in [0.717, 1.165) is 52.2 Å². The predicted molar refractivity (Wildman–Crippen MR) is 96.6 cm³/mol. The van der Waals surface area contributed by atoms with Gasteiger partial charge in [-0.15, -0.1) is 0 Å². The quantitative estimate of drug-likeness (QED) is 0.788. The summed E-state index contributed by atoms with van der Waals surface area (Å²) in [7, 11) is 0. The topological polar surface area (TPSA) is 65.0 Å². The van der Waals surface area contributed by atoms with Crippen LogP contribution in [0.25, 0.3) is 0 Å². The first-order valence-corrected chi connectivity index (χ1v) is 9.27. The van der Waals surface area contributed by atoms with Crippen molar-refractivity contribution >= 4 is 5.91 Å². The van der Waals surface area contributed by atoms with Crippen LogP contribution in [-0.2, 0) is 4.74 Å². The third-order valence-electron chi connectivity index (χ3n) is 5.00. The Morgan fingerprint density at radius 3 is 2.32 bits per heavy atom. The van der Waals surface area contributed by atoms with Crippen LogP contribution in [0.1, 0.15) is 23.2 Å². The van der Waals surface area contributed by atoms with Crippen molar-refractivity contribution in [1.29, 1.82) is 0 Å². The van der Waals surface area contributed by atoms with Gasteiger partial charge in [-0.05, 0) is 25.0 Å². The van der Waals surface area contributed by atoms with Crippen LogP contribution in [0.4, 0.5) is 0 Å². The maximum Gasteiger partial charge on any atom is 0.251 e. The summed E-state index contributed by atoms with van der Waals surface area (Å²) in [4.78, 5) is 16.8. The highest BCUT2D eigenvalue weighted by molar-refractivity contribution is 5.94. The van der Waals surface area contributed by atoms with E-state index in [4.69, 9.17) is 4.74 Å². The van der Waals surface area contributed by atoms with E-state index in [1.165, 1.54) is 0 Å². The summed E-state index contributed by atoms with van der Waals surface area (Å²) in [5, 5.41) is 13.4. The number of aliphatic hydroxyl groups excluding tert-OH is 1. The van der Waals surface area contributed by atoms with Gasteiger partial charge in [0, 0.05) is 50.9 Å². The van der Waals surface area contributed by atoms with Gasteiger partial charge in [0.25, 0.3) is 5.91 Å². The monoisotopic (exact) mass is 347 g/mol. The zero-order valence-corrected chi connectivity index (χ0v) is 14.8. The van der Waals surface area contributed by atoms with Gasteiger partial charge >= 0.3 is 0 Å². The van der Waals surface area contributed by atoms with Crippen LogP contribution in [-0.4, -0.2) is 85.4 Å². The number of hydrogen-bond acceptors (Lipinski definition) is 5. The molecule has 1 aromatic carbocycles. The van der Waals surface area contributed by atoms with Gasteiger partial charge in [0.15, 0.2) is 0 Å². The van der Waals surface area contributed by atoms with E-state index in [2.05, 4.69) is 15.1 Å². The Bertz CT molecular complexity index is 526. The molecule has 0 saturated carbocycles. The maximum absolute atomic E-state index is 12.2. The van der Waals surface area contributed by atoms with Crippen LogP contribution in [0.3, 0.4) is 0 Å². The van der Waals surface area contributed by atoms with Crippen LogP contribution < -0.4 is 5.32 Å². The van der Waals surface area contributed by atoms with Crippen molar-refractivity contribution in [2.24, 2.45) is 0 Å². The van der Waals surface area contributed by atoms with E-state index in [1.807, 2.05) is 30.3 Å². The number of likely N-dealkylation sites (tertiary alicyclic amines) is 1. The lowest BCUT2D eigenvalue weighted by atomic mass is 10.0. The fourth-order valence-corrected chi connectivity index (χ4v) is 3.56. The van der Waals surface area contributed by atoms with E-state index in [-0.39, 0.29) is 18.1 Å². The van der Waals surface area contributed by atoms with Gasteiger partial charge in [0.2, 0.25) is 0 Å². The lowest BCUT2D eigenvalue weighted by molar-refractivity contribution is 0.00480. The van der Waals surface area contributed by atoms with Crippen LogP contribution in [0.5, 0.6) is 0 Å². The van der Waals surface area contributed by atoms with Crippen molar-refractivity contribution in [3.05, 3.63) is 35.9 Å². The van der Waals surface area contributed by atoms with E-state index < -0.39 is 0 Å². The average molecular weight is 347 g/mol. The van der Waals surface area contributed by atoms with Crippen molar-refractivity contribution in [2.75, 3.05) is 52.5 Å². The molecule has 6 heteroatoms. The van der Waals surface area contributed by atoms with Crippen LogP contribution >= 0.6 is 0 Å². The molecule has 138 valence electrons. The third kappa shape index (κ3) is 5.78. The smallest absolute Gasteiger partial charge is 0.251 e. The minimum Gasteiger partial charge on any atom is -0.390 e. The summed E-state index contributed by atoms with van der Waals surface area (Å²) >= 11 is 0. The number of piperidine rings is 1. The SMILES string of the molecule is O=C(NC1CCN(CC(O)CN2CCOCC2)CC1)c1ccccc1. The summed E-state index contributed by atoms with van der Waals surface area (Å²) in [6.45, 7) is 6.60. The highest BCUT2D eigenvalue weighted by Crippen LogP contribution is 2.12. The standard InChI is InChI=1S/C19H29N3O3/c23-18(15-22-10-12-25-13-11-22)14-21-8-6-17(7-9-21)20-19(24)16-4-2-1-3-5-16/h1-5,17-18,23H,6-15H2,(H,20,24). The highest BCUT2D eigenvalue weighted by atomic mass is 16.5. The van der Waals surface area contributed by atoms with Crippen molar-refractivity contribution in [3.8, 4) is 0 Å². The second kappa shape index (κ2) is 9.29. The van der Waals surface area contributed by atoms with Crippen molar-refractivity contribution in [2.45, 2.75) is 25.0 Å². The van der Waals surface area contributed by atoms with E-state index in [1.54, 1.807) is 0 Å². The molecule has 1 atom stereocenters. The van der Waals surface area contributed by atoms with Gasteiger partial charge in [-0.2, -0.15) is 0 Å². The Balaban J connectivity index is 1.36. The summed E-state index contributed by atoms with van der Waals surface area (Å²) < 4.78 is 5.34. The first kappa shape index (κ1) is 18.3. The fraction of sp³-hybridized carbons (Fsp3) is 0.632. The van der Waals surface area contributed by atoms with E-state index in [9.17, 15) is 9.90 Å². The molecule has 6 nitrogen and oxygen atoms in total. The molecule has 2 aliphatic heterocycles. The number of aliphatic hydroxyl groups is 1. The average Bonchev–Trinajstić information content (AvgIpc) is 2.65. The number of rotatable bonds is 6. The largest absolute Gasteiger partial charge is 0.390 e. The lowest BCUT2D eigenvalue weighted by Crippen LogP contribution is -2.49. The van der Waals surface area contributed by atoms with E-state index >= 15 is 0 Å². The molecule has 0 radical (unpaired) electrons. The van der Waals surface area contributed by atoms with Gasteiger partial charge in [-0.25, -0.2) is 0 Å². The number of ether oxygens (including phenoxy) is 1. The molecule has 2 fully saturated rings. The number of β-amino-alcohol motifs (C(OH)–C–C–N with tert-alkyl or cyclic N) is 1. The molecule has 0 bridgehead atoms. The maximum atomic E-state index is 12.2. The minimum atomic E-state index is -0.325. The molecular weight excluding hydrogens is 318 g/mol. The number of hydrogen-bond donors (Lipinski definition) is 2. The Kier molecular flexibility index (Phi) is 6.81. The second-order valence-electron chi connectivity index (χ2n) is 6.98. The molecule has 2 saturated heterocycles. The summed E-state index contributed by atoms with van der Waals surface area (Å²) in [6, 6.07) is 9.58. The Hall–Kier alpha value is -1.47. The van der Waals surface area contributed by atoms with Gasteiger partial charge in [0.1, 0.15) is 0 Å². The number of nitrogens with one attached hydrogen (secondary N) is 1. The van der Waals surface area contributed by atoms with Gasteiger partial charge in [-0.1, -0.05) is 18.2 Å². The number of nitrogens with zero attached hydrogens (tertiary/aromatic N) is 2. The summed E-state index contributed by atoms with van der Waals surface area (Å²) in [5.74, 6) is 0.00593. The third-order valence-corrected chi connectivity index (χ3v) is 5.00. The highest BCUT2D eigenvalue weighted by Gasteiger charge is 2.23. The Morgan fingerprint density at radius 2 is 1.68 bits per heavy atom.